The van der Waals surface area contributed by atoms with Crippen LogP contribution < -0.4 is 9.80 Å². The molecule has 1 aliphatic carbocycles. The molecule has 0 radical (unpaired) electrons. The van der Waals surface area contributed by atoms with Crippen LogP contribution in [0, 0.1) is 13.8 Å². The van der Waals surface area contributed by atoms with Crippen LogP contribution in [0.1, 0.15) is 41.8 Å². The Morgan fingerprint density at radius 3 is 1.18 bits per heavy atom. The Hall–Kier alpha value is -3.76. The molecule has 0 N–H and O–H groups in total. The molecule has 10 heteroatoms. The Labute approximate surface area is 267 Å². The van der Waals surface area contributed by atoms with Gasteiger partial charge in [0.15, 0.2) is 0 Å². The molecule has 0 saturated heterocycles. The second-order valence-electron chi connectivity index (χ2n) is 11.3. The number of rotatable bonds is 8. The third kappa shape index (κ3) is 5.86. The van der Waals surface area contributed by atoms with Crippen molar-refractivity contribution in [1.29, 1.82) is 0 Å². The number of hydrogen-bond acceptors (Lipinski definition) is 4. The first-order chi connectivity index (χ1) is 21.0. The maximum atomic E-state index is 15.5. The molecule has 0 saturated carbocycles. The summed E-state index contributed by atoms with van der Waals surface area (Å²) in [5.74, 6) is -15.8. The lowest BCUT2D eigenvalue weighted by Crippen LogP contribution is -2.48. The van der Waals surface area contributed by atoms with Crippen LogP contribution in [0.2, 0.25) is 0 Å². The smallest absolute Gasteiger partial charge is 0.378 e. The third-order valence-corrected chi connectivity index (χ3v) is 9.81. The van der Waals surface area contributed by atoms with E-state index in [0.29, 0.717) is 9.75 Å². The number of benzene rings is 2. The monoisotopic (exact) mass is 658 g/mol. The van der Waals surface area contributed by atoms with Crippen LogP contribution in [0.15, 0.2) is 60.7 Å². The van der Waals surface area contributed by atoms with Gasteiger partial charge in [0.1, 0.15) is 0 Å². The maximum Gasteiger partial charge on any atom is 0.380 e. The number of anilines is 2. The molecule has 0 aliphatic heterocycles. The fourth-order valence-electron chi connectivity index (χ4n) is 5.23. The number of hydrogen-bond donors (Lipinski definition) is 0. The van der Waals surface area contributed by atoms with Gasteiger partial charge < -0.3 is 9.80 Å². The largest absolute Gasteiger partial charge is 0.380 e. The van der Waals surface area contributed by atoms with Gasteiger partial charge in [-0.2, -0.15) is 26.3 Å². The molecule has 236 valence electrons. The lowest BCUT2D eigenvalue weighted by molar-refractivity contribution is -0.254. The van der Waals surface area contributed by atoms with Crippen LogP contribution in [0.4, 0.5) is 37.7 Å². The molecule has 1 aliphatic rings. The average Bonchev–Trinajstić information content (AvgIpc) is 3.56. The van der Waals surface area contributed by atoms with E-state index in [2.05, 4.69) is 0 Å². The zero-order valence-electron chi connectivity index (χ0n) is 25.6. The molecular weight excluding hydrogens is 627 g/mol. The summed E-state index contributed by atoms with van der Waals surface area (Å²) in [6, 6.07) is 17.8. The summed E-state index contributed by atoms with van der Waals surface area (Å²) in [6.45, 7) is 2.96. The number of thiophene rings is 2. The van der Waals surface area contributed by atoms with Crippen LogP contribution in [-0.4, -0.2) is 46.0 Å². The maximum absolute atomic E-state index is 15.5. The minimum absolute atomic E-state index is 0.243. The molecule has 0 unspecified atom stereocenters. The van der Waals surface area contributed by atoms with Gasteiger partial charge in [0.05, 0.1) is 0 Å². The number of alkyl halides is 6. The molecule has 0 atom stereocenters. The van der Waals surface area contributed by atoms with E-state index in [1.807, 2.05) is 86.5 Å². The highest BCUT2D eigenvalue weighted by Gasteiger charge is 2.80. The van der Waals surface area contributed by atoms with Gasteiger partial charge >= 0.3 is 17.8 Å². The molecule has 4 aromatic rings. The predicted octanol–water partition coefficient (Wildman–Crippen LogP) is 10.7. The summed E-state index contributed by atoms with van der Waals surface area (Å²) in [4.78, 5) is 5.33. The molecule has 45 heavy (non-hydrogen) atoms. The first-order valence-corrected chi connectivity index (χ1v) is 15.7. The fraction of sp³-hybridized carbons (Fsp3) is 0.257. The molecule has 2 nitrogen and oxygen atoms in total. The molecular formula is C35H32F6N2S2. The summed E-state index contributed by atoms with van der Waals surface area (Å²) < 4.78 is 92.1. The van der Waals surface area contributed by atoms with Gasteiger partial charge in [0.25, 0.3) is 0 Å². The van der Waals surface area contributed by atoms with E-state index in [1.165, 1.54) is 26.0 Å². The van der Waals surface area contributed by atoms with E-state index in [-0.39, 0.29) is 20.9 Å². The Morgan fingerprint density at radius 2 is 0.867 bits per heavy atom. The van der Waals surface area contributed by atoms with Gasteiger partial charge in [-0.3, -0.25) is 0 Å². The number of aryl methyl sites for hydroxylation is 2. The molecule has 2 heterocycles. The van der Waals surface area contributed by atoms with Gasteiger partial charge in [-0.25, -0.2) is 0 Å². The van der Waals surface area contributed by atoms with Crippen molar-refractivity contribution in [2.75, 3.05) is 38.0 Å². The van der Waals surface area contributed by atoms with Crippen LogP contribution in [0.3, 0.4) is 0 Å². The van der Waals surface area contributed by atoms with Gasteiger partial charge in [-0.15, -0.1) is 22.7 Å². The van der Waals surface area contributed by atoms with Crippen molar-refractivity contribution < 1.29 is 26.3 Å². The number of nitrogens with zero attached hydrogens (tertiary/aromatic N) is 2. The third-order valence-electron chi connectivity index (χ3n) is 7.78. The Balaban J connectivity index is 1.56. The zero-order chi connectivity index (χ0) is 32.9. The zero-order valence-corrected chi connectivity index (χ0v) is 27.2. The Morgan fingerprint density at radius 1 is 0.533 bits per heavy atom. The van der Waals surface area contributed by atoms with Crippen molar-refractivity contribution in [3.05, 3.63) is 102 Å². The normalized spacial score (nSPS) is 17.2. The van der Waals surface area contributed by atoms with E-state index >= 15 is 17.6 Å². The van der Waals surface area contributed by atoms with E-state index in [4.69, 9.17) is 0 Å². The highest BCUT2D eigenvalue weighted by molar-refractivity contribution is 7.13. The minimum Gasteiger partial charge on any atom is -0.378 e. The summed E-state index contributed by atoms with van der Waals surface area (Å²) in [5, 5.41) is 0. The van der Waals surface area contributed by atoms with Crippen molar-refractivity contribution in [3.8, 4) is 0 Å². The van der Waals surface area contributed by atoms with Crippen molar-refractivity contribution in [3.63, 3.8) is 0 Å². The molecule has 0 spiro atoms. The van der Waals surface area contributed by atoms with Crippen LogP contribution >= 0.6 is 22.7 Å². The molecule has 0 bridgehead atoms. The summed E-state index contributed by atoms with van der Waals surface area (Å²) in [6.07, 6.45) is 6.85. The first kappa shape index (κ1) is 32.6. The van der Waals surface area contributed by atoms with E-state index in [1.54, 1.807) is 24.3 Å². The van der Waals surface area contributed by atoms with Crippen LogP contribution in [0.5, 0.6) is 0 Å². The van der Waals surface area contributed by atoms with Crippen molar-refractivity contribution in [2.45, 2.75) is 31.6 Å². The molecule has 2 aromatic carbocycles. The van der Waals surface area contributed by atoms with Gasteiger partial charge in [0.2, 0.25) is 0 Å². The topological polar surface area (TPSA) is 6.48 Å². The molecule has 0 amide bonds. The minimum atomic E-state index is -5.61. The first-order valence-electron chi connectivity index (χ1n) is 14.1. The van der Waals surface area contributed by atoms with E-state index in [9.17, 15) is 8.78 Å². The molecule has 0 fully saturated rings. The quantitative estimate of drug-likeness (QED) is 0.174. The number of halogens is 6. The van der Waals surface area contributed by atoms with Crippen molar-refractivity contribution >= 4 is 69.5 Å². The predicted molar refractivity (Wildman–Crippen MR) is 179 cm³/mol. The van der Waals surface area contributed by atoms with Gasteiger partial charge in [0, 0.05) is 70.2 Å². The Kier molecular flexibility index (Phi) is 8.61. The number of allylic oxidation sites excluding steroid dienone is 2. The lowest BCUT2D eigenvalue weighted by Gasteiger charge is -2.25. The fourth-order valence-corrected chi connectivity index (χ4v) is 7.10. The lowest BCUT2D eigenvalue weighted by atomic mass is 9.95. The van der Waals surface area contributed by atoms with Gasteiger partial charge in [-0.05, 0) is 84.7 Å². The highest BCUT2D eigenvalue weighted by Crippen LogP contribution is 2.65. The Bertz CT molecular complexity index is 1660. The summed E-state index contributed by atoms with van der Waals surface area (Å²) in [5.41, 5.74) is 0.403. The second-order valence-corrected chi connectivity index (χ2v) is 13.9. The summed E-state index contributed by atoms with van der Waals surface area (Å²) >= 11 is 2.16. The SMILES string of the molecule is Cc1sc(C=Cc2ccc(N(C)C)cc2)cc1C1=C(c2cc(C=Cc3ccc(N(C)C)cc3)sc2C)C(F)(F)C(F)(F)C1(F)F. The van der Waals surface area contributed by atoms with Crippen molar-refractivity contribution in [2.24, 2.45) is 0 Å². The second kappa shape index (κ2) is 11.9. The summed E-state index contributed by atoms with van der Waals surface area (Å²) in [7, 11) is 7.65. The molecule has 5 rings (SSSR count). The van der Waals surface area contributed by atoms with Crippen LogP contribution in [0.25, 0.3) is 35.5 Å². The van der Waals surface area contributed by atoms with E-state index < -0.39 is 28.9 Å². The highest BCUT2D eigenvalue weighted by atomic mass is 32.1. The standard InChI is InChI=1S/C35H32F6N2S2/c1-21-29(19-27(44-21)17-11-23-7-13-25(14-8-23)42(3)4)31-32(34(38,39)35(40,41)33(31,36)37)30-20-28(45-22(30)2)18-12-24-9-15-26(16-10-24)43(5)6/h7-20H,1-6H3. The van der Waals surface area contributed by atoms with Gasteiger partial charge in [-0.1, -0.05) is 36.4 Å². The molecule has 2 aromatic heterocycles. The van der Waals surface area contributed by atoms with Crippen LogP contribution in [-0.2, 0) is 0 Å². The van der Waals surface area contributed by atoms with Crippen molar-refractivity contribution in [1.82, 2.24) is 0 Å². The van der Waals surface area contributed by atoms with E-state index in [0.717, 1.165) is 45.2 Å². The average molecular weight is 659 g/mol.